The van der Waals surface area contributed by atoms with Gasteiger partial charge in [0, 0.05) is 6.04 Å². The maximum Gasteiger partial charge on any atom is 0.0345 e. The first-order chi connectivity index (χ1) is 10.2. The number of hydrogen-bond acceptors (Lipinski definition) is 1. The first-order valence-electron chi connectivity index (χ1n) is 8.10. The van der Waals surface area contributed by atoms with Gasteiger partial charge in [-0.25, -0.2) is 0 Å². The van der Waals surface area contributed by atoms with E-state index in [2.05, 4.69) is 80.7 Å². The van der Waals surface area contributed by atoms with Crippen molar-refractivity contribution in [2.75, 3.05) is 6.54 Å². The Morgan fingerprint density at radius 3 is 2.05 bits per heavy atom. The molecule has 21 heavy (non-hydrogen) atoms. The summed E-state index contributed by atoms with van der Waals surface area (Å²) in [6, 6.07) is 20.2. The Kier molecular flexibility index (Phi) is 6.01. The number of benzene rings is 2. The molecule has 0 aromatic heterocycles. The van der Waals surface area contributed by atoms with E-state index in [1.54, 1.807) is 0 Å². The molecule has 0 heterocycles. The van der Waals surface area contributed by atoms with Gasteiger partial charge in [0.2, 0.25) is 0 Å². The van der Waals surface area contributed by atoms with Crippen LogP contribution in [0.5, 0.6) is 0 Å². The second kappa shape index (κ2) is 7.99. The maximum absolute atomic E-state index is 3.62. The van der Waals surface area contributed by atoms with Gasteiger partial charge in [0.1, 0.15) is 0 Å². The molecule has 0 amide bonds. The van der Waals surface area contributed by atoms with Crippen molar-refractivity contribution in [3.05, 3.63) is 71.3 Å². The normalized spacial score (nSPS) is 13.9. The maximum atomic E-state index is 3.62. The van der Waals surface area contributed by atoms with Crippen molar-refractivity contribution in [3.63, 3.8) is 0 Å². The van der Waals surface area contributed by atoms with Crippen molar-refractivity contribution in [2.45, 2.75) is 39.7 Å². The second-order valence-electron chi connectivity index (χ2n) is 5.82. The van der Waals surface area contributed by atoms with Crippen molar-refractivity contribution < 1.29 is 0 Å². The first kappa shape index (κ1) is 15.8. The first-order valence-corrected chi connectivity index (χ1v) is 8.10. The molecule has 0 saturated carbocycles. The summed E-state index contributed by atoms with van der Waals surface area (Å²) < 4.78 is 0. The summed E-state index contributed by atoms with van der Waals surface area (Å²) in [5, 5.41) is 3.62. The quantitative estimate of drug-likeness (QED) is 0.755. The van der Waals surface area contributed by atoms with Gasteiger partial charge in [-0.2, -0.15) is 0 Å². The minimum Gasteiger partial charge on any atom is -0.310 e. The molecule has 2 unspecified atom stereocenters. The van der Waals surface area contributed by atoms with Gasteiger partial charge in [-0.1, -0.05) is 81.8 Å². The zero-order valence-electron chi connectivity index (χ0n) is 13.5. The monoisotopic (exact) mass is 281 g/mol. The van der Waals surface area contributed by atoms with Crippen LogP contribution in [0.25, 0.3) is 0 Å². The lowest BCUT2D eigenvalue weighted by Gasteiger charge is -2.24. The van der Waals surface area contributed by atoms with Gasteiger partial charge in [-0.3, -0.25) is 0 Å². The van der Waals surface area contributed by atoms with E-state index in [1.165, 1.54) is 23.1 Å². The molecule has 0 saturated heterocycles. The highest BCUT2D eigenvalue weighted by molar-refractivity contribution is 5.30. The Hall–Kier alpha value is -1.60. The minimum atomic E-state index is 0.464. The number of rotatable bonds is 7. The Balaban J connectivity index is 2.10. The molecule has 0 spiro atoms. The Bertz CT molecular complexity index is 515. The predicted molar refractivity (Wildman–Crippen MR) is 91.6 cm³/mol. The lowest BCUT2D eigenvalue weighted by molar-refractivity contribution is 0.384. The fraction of sp³-hybridized carbons (Fsp3) is 0.400. The lowest BCUT2D eigenvalue weighted by Crippen LogP contribution is -2.26. The molecule has 0 aliphatic heterocycles. The Labute approximate surface area is 129 Å². The third-order valence-corrected chi connectivity index (χ3v) is 4.23. The SMILES string of the molecule is CCNC(c1ccc(Cc2ccccc2)cc1)C(C)CC. The van der Waals surface area contributed by atoms with Crippen LogP contribution >= 0.6 is 0 Å². The molecule has 0 radical (unpaired) electrons. The van der Waals surface area contributed by atoms with Crippen LogP contribution in [0.1, 0.15) is 49.9 Å². The average Bonchev–Trinajstić information content (AvgIpc) is 2.54. The van der Waals surface area contributed by atoms with Crippen molar-refractivity contribution in [1.29, 1.82) is 0 Å². The molecule has 2 atom stereocenters. The lowest BCUT2D eigenvalue weighted by atomic mass is 9.91. The zero-order valence-corrected chi connectivity index (χ0v) is 13.5. The smallest absolute Gasteiger partial charge is 0.0345 e. The van der Waals surface area contributed by atoms with Crippen LogP contribution < -0.4 is 5.32 Å². The highest BCUT2D eigenvalue weighted by atomic mass is 14.9. The van der Waals surface area contributed by atoms with Gasteiger partial charge in [-0.05, 0) is 35.6 Å². The number of nitrogens with one attached hydrogen (secondary N) is 1. The molecule has 0 aliphatic carbocycles. The van der Waals surface area contributed by atoms with E-state index in [4.69, 9.17) is 0 Å². The van der Waals surface area contributed by atoms with Crippen molar-refractivity contribution in [2.24, 2.45) is 5.92 Å². The van der Waals surface area contributed by atoms with Gasteiger partial charge in [0.25, 0.3) is 0 Å². The highest BCUT2D eigenvalue weighted by Crippen LogP contribution is 2.25. The van der Waals surface area contributed by atoms with Crippen molar-refractivity contribution in [1.82, 2.24) is 5.32 Å². The van der Waals surface area contributed by atoms with E-state index in [0.29, 0.717) is 12.0 Å². The van der Waals surface area contributed by atoms with Crippen LogP contribution in [0.15, 0.2) is 54.6 Å². The standard InChI is InChI=1S/C20H27N/c1-4-16(3)20(21-5-2)19-13-11-18(12-14-19)15-17-9-7-6-8-10-17/h6-14,16,20-21H,4-5,15H2,1-3H3. The second-order valence-corrected chi connectivity index (χ2v) is 5.82. The van der Waals surface area contributed by atoms with Crippen LogP contribution in [0, 0.1) is 5.92 Å². The van der Waals surface area contributed by atoms with Crippen LogP contribution in [0.2, 0.25) is 0 Å². The van der Waals surface area contributed by atoms with Crippen molar-refractivity contribution in [3.8, 4) is 0 Å². The van der Waals surface area contributed by atoms with Crippen molar-refractivity contribution >= 4 is 0 Å². The van der Waals surface area contributed by atoms with Gasteiger partial charge in [-0.15, -0.1) is 0 Å². The molecule has 1 N–H and O–H groups in total. The summed E-state index contributed by atoms with van der Waals surface area (Å²) in [7, 11) is 0. The molecule has 1 nitrogen and oxygen atoms in total. The van der Waals surface area contributed by atoms with E-state index >= 15 is 0 Å². The van der Waals surface area contributed by atoms with E-state index in [0.717, 1.165) is 13.0 Å². The van der Waals surface area contributed by atoms with E-state index in [9.17, 15) is 0 Å². The molecule has 0 aliphatic rings. The summed E-state index contributed by atoms with van der Waals surface area (Å²) in [5.41, 5.74) is 4.16. The Morgan fingerprint density at radius 2 is 1.48 bits per heavy atom. The molecular formula is C20H27N. The minimum absolute atomic E-state index is 0.464. The fourth-order valence-corrected chi connectivity index (χ4v) is 2.78. The average molecular weight is 281 g/mol. The Morgan fingerprint density at radius 1 is 0.857 bits per heavy atom. The molecule has 1 heteroatoms. The van der Waals surface area contributed by atoms with Gasteiger partial charge >= 0.3 is 0 Å². The summed E-state index contributed by atoms with van der Waals surface area (Å²) >= 11 is 0. The molecular weight excluding hydrogens is 254 g/mol. The summed E-state index contributed by atoms with van der Waals surface area (Å²) in [6.45, 7) is 7.78. The van der Waals surface area contributed by atoms with E-state index in [-0.39, 0.29) is 0 Å². The van der Waals surface area contributed by atoms with Crippen LogP contribution in [0.3, 0.4) is 0 Å². The molecule has 2 aromatic carbocycles. The summed E-state index contributed by atoms with van der Waals surface area (Å²) in [4.78, 5) is 0. The third kappa shape index (κ3) is 4.44. The van der Waals surface area contributed by atoms with Gasteiger partial charge in [0.05, 0.1) is 0 Å². The highest BCUT2D eigenvalue weighted by Gasteiger charge is 2.16. The van der Waals surface area contributed by atoms with E-state index in [1.807, 2.05) is 0 Å². The van der Waals surface area contributed by atoms with Crippen LogP contribution in [0.4, 0.5) is 0 Å². The van der Waals surface area contributed by atoms with Crippen LogP contribution in [-0.4, -0.2) is 6.54 Å². The molecule has 112 valence electrons. The number of hydrogen-bond donors (Lipinski definition) is 1. The molecule has 2 aromatic rings. The fourth-order valence-electron chi connectivity index (χ4n) is 2.78. The van der Waals surface area contributed by atoms with Gasteiger partial charge in [0.15, 0.2) is 0 Å². The molecule has 0 bridgehead atoms. The third-order valence-electron chi connectivity index (χ3n) is 4.23. The van der Waals surface area contributed by atoms with Gasteiger partial charge < -0.3 is 5.32 Å². The predicted octanol–water partition coefficient (Wildman–Crippen LogP) is 4.97. The summed E-state index contributed by atoms with van der Waals surface area (Å²) in [5.74, 6) is 0.657. The molecule has 0 fully saturated rings. The molecule has 2 rings (SSSR count). The van der Waals surface area contributed by atoms with Crippen LogP contribution in [-0.2, 0) is 6.42 Å². The largest absolute Gasteiger partial charge is 0.310 e. The topological polar surface area (TPSA) is 12.0 Å². The van der Waals surface area contributed by atoms with E-state index < -0.39 is 0 Å². The summed E-state index contributed by atoms with van der Waals surface area (Å²) in [6.07, 6.45) is 2.21. The zero-order chi connectivity index (χ0) is 15.1.